The zero-order valence-corrected chi connectivity index (χ0v) is 13.6. The number of hydrogen-bond acceptors (Lipinski definition) is 1. The summed E-state index contributed by atoms with van der Waals surface area (Å²) in [4.78, 5) is 12.1. The maximum atomic E-state index is 13.7. The minimum absolute atomic E-state index is 0.361. The lowest BCUT2D eigenvalue weighted by Crippen LogP contribution is -2.16. The zero-order valence-electron chi connectivity index (χ0n) is 11.2. The third-order valence-electron chi connectivity index (χ3n) is 2.99. The Kier molecular flexibility index (Phi) is 4.64. The van der Waals surface area contributed by atoms with E-state index in [0.29, 0.717) is 5.69 Å². The maximum Gasteiger partial charge on any atom is 0.258 e. The quantitative estimate of drug-likeness (QED) is 0.715. The largest absolute Gasteiger partial charge is 0.321 e. The number of benzene rings is 2. The van der Waals surface area contributed by atoms with Gasteiger partial charge in [0.15, 0.2) is 0 Å². The highest BCUT2D eigenvalue weighted by Gasteiger charge is 2.17. The fourth-order valence-corrected chi connectivity index (χ4v) is 2.82. The van der Waals surface area contributed by atoms with E-state index in [-0.39, 0.29) is 5.02 Å². The number of halogens is 4. The molecular weight excluding hydrogens is 364 g/mol. The maximum absolute atomic E-state index is 13.7. The van der Waals surface area contributed by atoms with Crippen molar-refractivity contribution in [3.8, 4) is 0 Å². The summed E-state index contributed by atoms with van der Waals surface area (Å²) in [5.41, 5.74) is 1.80. The molecule has 2 nitrogen and oxygen atoms in total. The van der Waals surface area contributed by atoms with Crippen molar-refractivity contribution in [2.45, 2.75) is 13.8 Å². The number of aryl methyl sites for hydroxylation is 2. The Balaban J connectivity index is 2.37. The summed E-state index contributed by atoms with van der Waals surface area (Å²) in [6.07, 6.45) is 0. The van der Waals surface area contributed by atoms with Gasteiger partial charge in [0, 0.05) is 10.2 Å². The van der Waals surface area contributed by atoms with Crippen LogP contribution in [0.5, 0.6) is 0 Å². The van der Waals surface area contributed by atoms with Crippen LogP contribution in [0.4, 0.5) is 14.5 Å². The third-order valence-corrected chi connectivity index (χ3v) is 3.74. The number of carbonyl (C=O) groups excluding carboxylic acids is 1. The van der Waals surface area contributed by atoms with Gasteiger partial charge in [-0.3, -0.25) is 4.79 Å². The first-order valence-electron chi connectivity index (χ1n) is 6.02. The van der Waals surface area contributed by atoms with Crippen LogP contribution in [0.25, 0.3) is 0 Å². The van der Waals surface area contributed by atoms with E-state index in [1.807, 2.05) is 26.0 Å². The molecule has 0 bridgehead atoms. The molecule has 0 unspecified atom stereocenters. The molecule has 2 aromatic carbocycles. The van der Waals surface area contributed by atoms with Crippen LogP contribution in [0.3, 0.4) is 0 Å². The van der Waals surface area contributed by atoms with Gasteiger partial charge in [-0.25, -0.2) is 8.78 Å². The average molecular weight is 375 g/mol. The van der Waals surface area contributed by atoms with Gasteiger partial charge in [-0.2, -0.15) is 0 Å². The Bertz CT molecular complexity index is 711. The van der Waals surface area contributed by atoms with Gasteiger partial charge in [-0.1, -0.05) is 27.5 Å². The Hall–Kier alpha value is -1.46. The third kappa shape index (κ3) is 3.41. The molecule has 0 aliphatic carbocycles. The van der Waals surface area contributed by atoms with Crippen molar-refractivity contribution < 1.29 is 13.6 Å². The van der Waals surface area contributed by atoms with Crippen LogP contribution in [0.1, 0.15) is 21.5 Å². The van der Waals surface area contributed by atoms with Crippen molar-refractivity contribution >= 4 is 39.1 Å². The predicted molar refractivity (Wildman–Crippen MR) is 82.9 cm³/mol. The van der Waals surface area contributed by atoms with E-state index in [1.165, 1.54) is 0 Å². The van der Waals surface area contributed by atoms with Gasteiger partial charge in [0.1, 0.15) is 11.6 Å². The van der Waals surface area contributed by atoms with Crippen molar-refractivity contribution in [3.05, 3.63) is 62.1 Å². The number of amides is 1. The molecule has 110 valence electrons. The summed E-state index contributed by atoms with van der Waals surface area (Å²) in [6, 6.07) is 5.21. The topological polar surface area (TPSA) is 29.1 Å². The standard InChI is InChI=1S/C15H11BrClF2NO/c1-7-3-9(16)4-8(2)14(7)20-15(21)10-5-13(19)11(17)6-12(10)18/h3-6H,1-2H3,(H,20,21). The fraction of sp³-hybridized carbons (Fsp3) is 0.133. The Morgan fingerprint density at radius 2 is 1.67 bits per heavy atom. The van der Waals surface area contributed by atoms with Crippen molar-refractivity contribution in [2.75, 3.05) is 5.32 Å². The minimum Gasteiger partial charge on any atom is -0.321 e. The van der Waals surface area contributed by atoms with E-state index in [4.69, 9.17) is 11.6 Å². The smallest absolute Gasteiger partial charge is 0.258 e. The molecule has 0 spiro atoms. The van der Waals surface area contributed by atoms with Crippen LogP contribution in [0, 0.1) is 25.5 Å². The second-order valence-electron chi connectivity index (χ2n) is 4.61. The molecule has 2 aromatic rings. The summed E-state index contributed by atoms with van der Waals surface area (Å²) in [5.74, 6) is -2.43. The van der Waals surface area contributed by atoms with Crippen molar-refractivity contribution in [3.63, 3.8) is 0 Å². The molecule has 0 radical (unpaired) electrons. The van der Waals surface area contributed by atoms with Gasteiger partial charge in [-0.05, 0) is 49.2 Å². The Morgan fingerprint density at radius 3 is 2.24 bits per heavy atom. The molecule has 0 saturated heterocycles. The van der Waals surface area contributed by atoms with Crippen LogP contribution in [0.15, 0.2) is 28.7 Å². The summed E-state index contributed by atoms with van der Waals surface area (Å²) < 4.78 is 28.0. The van der Waals surface area contributed by atoms with Crippen molar-refractivity contribution in [1.29, 1.82) is 0 Å². The van der Waals surface area contributed by atoms with Gasteiger partial charge in [0.2, 0.25) is 0 Å². The van der Waals surface area contributed by atoms with Gasteiger partial charge < -0.3 is 5.32 Å². The number of nitrogens with one attached hydrogen (secondary N) is 1. The SMILES string of the molecule is Cc1cc(Br)cc(C)c1NC(=O)c1cc(F)c(Cl)cc1F. The van der Waals surface area contributed by atoms with E-state index in [9.17, 15) is 13.6 Å². The average Bonchev–Trinajstić information content (AvgIpc) is 2.37. The lowest BCUT2D eigenvalue weighted by Gasteiger charge is -2.13. The van der Waals surface area contributed by atoms with Crippen LogP contribution >= 0.6 is 27.5 Å². The lowest BCUT2D eigenvalue weighted by atomic mass is 10.1. The first kappa shape index (κ1) is 15.9. The van der Waals surface area contributed by atoms with E-state index in [0.717, 1.165) is 27.7 Å². The van der Waals surface area contributed by atoms with Crippen LogP contribution < -0.4 is 5.32 Å². The molecule has 1 amide bonds. The number of rotatable bonds is 2. The summed E-state index contributed by atoms with van der Waals surface area (Å²) >= 11 is 8.82. The van der Waals surface area contributed by atoms with Crippen molar-refractivity contribution in [1.82, 2.24) is 0 Å². The van der Waals surface area contributed by atoms with Gasteiger partial charge in [0.25, 0.3) is 5.91 Å². The molecule has 2 rings (SSSR count). The van der Waals surface area contributed by atoms with Gasteiger partial charge >= 0.3 is 0 Å². The second-order valence-corrected chi connectivity index (χ2v) is 5.94. The number of carbonyl (C=O) groups is 1. The highest BCUT2D eigenvalue weighted by molar-refractivity contribution is 9.10. The van der Waals surface area contributed by atoms with Crippen LogP contribution in [0.2, 0.25) is 5.02 Å². The Labute approximate surface area is 134 Å². The zero-order chi connectivity index (χ0) is 15.7. The molecule has 21 heavy (non-hydrogen) atoms. The minimum atomic E-state index is -0.869. The molecule has 0 atom stereocenters. The van der Waals surface area contributed by atoms with Crippen molar-refractivity contribution in [2.24, 2.45) is 0 Å². The first-order chi connectivity index (χ1) is 9.79. The molecule has 0 fully saturated rings. The van der Waals surface area contributed by atoms with E-state index in [1.54, 1.807) is 0 Å². The highest BCUT2D eigenvalue weighted by Crippen LogP contribution is 2.26. The molecule has 0 aromatic heterocycles. The van der Waals surface area contributed by atoms with E-state index in [2.05, 4.69) is 21.2 Å². The van der Waals surface area contributed by atoms with Gasteiger partial charge in [0.05, 0.1) is 10.6 Å². The fourth-order valence-electron chi connectivity index (χ4n) is 1.99. The normalized spacial score (nSPS) is 10.6. The number of anilines is 1. The highest BCUT2D eigenvalue weighted by atomic mass is 79.9. The number of hydrogen-bond donors (Lipinski definition) is 1. The lowest BCUT2D eigenvalue weighted by molar-refractivity contribution is 0.102. The second kappa shape index (κ2) is 6.12. The predicted octanol–water partition coefficient (Wildman–Crippen LogP) is 5.25. The van der Waals surface area contributed by atoms with Crippen LogP contribution in [-0.2, 0) is 0 Å². The summed E-state index contributed by atoms with van der Waals surface area (Å²) in [5, 5.41) is 2.24. The monoisotopic (exact) mass is 373 g/mol. The Morgan fingerprint density at radius 1 is 1.10 bits per heavy atom. The van der Waals surface area contributed by atoms with E-state index >= 15 is 0 Å². The molecule has 0 aliphatic rings. The summed E-state index contributed by atoms with van der Waals surface area (Å²) in [6.45, 7) is 3.62. The molecule has 0 saturated carbocycles. The molecule has 0 heterocycles. The van der Waals surface area contributed by atoms with E-state index < -0.39 is 23.1 Å². The van der Waals surface area contributed by atoms with Gasteiger partial charge in [-0.15, -0.1) is 0 Å². The van der Waals surface area contributed by atoms with Crippen LogP contribution in [-0.4, -0.2) is 5.91 Å². The molecule has 1 N–H and O–H groups in total. The molecular formula is C15H11BrClF2NO. The molecule has 6 heteroatoms. The molecule has 0 aliphatic heterocycles. The summed E-state index contributed by atoms with van der Waals surface area (Å²) in [7, 11) is 0. The first-order valence-corrected chi connectivity index (χ1v) is 7.19.